The first-order valence-electron chi connectivity index (χ1n) is 6.61. The van der Waals surface area contributed by atoms with E-state index in [4.69, 9.17) is 27.3 Å². The highest BCUT2D eigenvalue weighted by molar-refractivity contribution is 6.31. The van der Waals surface area contributed by atoms with Crippen LogP contribution in [0.1, 0.15) is 23.7 Å². The molecule has 0 aliphatic heterocycles. The number of benzene rings is 1. The molecule has 1 heterocycles. The van der Waals surface area contributed by atoms with E-state index in [0.29, 0.717) is 22.9 Å². The average molecular weight is 302 g/mol. The van der Waals surface area contributed by atoms with E-state index in [1.165, 1.54) is 0 Å². The van der Waals surface area contributed by atoms with Crippen molar-refractivity contribution >= 4 is 11.6 Å². The minimum atomic E-state index is -0.0136. The zero-order valence-corrected chi connectivity index (χ0v) is 12.5. The normalized spacial score (nSPS) is 11.7. The zero-order chi connectivity index (χ0) is 15.2. The van der Waals surface area contributed by atoms with Crippen molar-refractivity contribution < 1.29 is 4.74 Å². The van der Waals surface area contributed by atoms with Crippen molar-refractivity contribution in [1.29, 1.82) is 5.26 Å². The highest BCUT2D eigenvalue weighted by atomic mass is 35.5. The van der Waals surface area contributed by atoms with E-state index >= 15 is 0 Å². The van der Waals surface area contributed by atoms with E-state index < -0.39 is 0 Å². The summed E-state index contributed by atoms with van der Waals surface area (Å²) in [5, 5.41) is 9.66. The summed E-state index contributed by atoms with van der Waals surface area (Å²) in [6, 6.07) is 11.1. The Bertz CT molecular complexity index is 665. The third-order valence-corrected chi connectivity index (χ3v) is 3.34. The molecule has 4 nitrogen and oxygen atoms in total. The number of rotatable bonds is 5. The molecule has 0 amide bonds. The molecule has 21 heavy (non-hydrogen) atoms. The van der Waals surface area contributed by atoms with Crippen LogP contribution in [0.25, 0.3) is 0 Å². The molecule has 0 radical (unpaired) electrons. The van der Waals surface area contributed by atoms with Gasteiger partial charge in [0.25, 0.3) is 0 Å². The van der Waals surface area contributed by atoms with Gasteiger partial charge in [-0.2, -0.15) is 5.26 Å². The van der Waals surface area contributed by atoms with Crippen LogP contribution in [0, 0.1) is 11.3 Å². The molecule has 108 valence electrons. The van der Waals surface area contributed by atoms with Gasteiger partial charge in [0.2, 0.25) is 0 Å². The second kappa shape index (κ2) is 7.07. The fourth-order valence-electron chi connectivity index (χ4n) is 2.01. The van der Waals surface area contributed by atoms with Crippen LogP contribution in [0.5, 0.6) is 5.75 Å². The van der Waals surface area contributed by atoms with E-state index in [2.05, 4.69) is 11.1 Å². The van der Waals surface area contributed by atoms with Gasteiger partial charge in [-0.25, -0.2) is 4.98 Å². The lowest BCUT2D eigenvalue weighted by Gasteiger charge is -2.14. The minimum absolute atomic E-state index is 0.0136. The Hall–Kier alpha value is -2.09. The average Bonchev–Trinajstić information content (AvgIpc) is 2.48. The third-order valence-electron chi connectivity index (χ3n) is 2.98. The monoisotopic (exact) mass is 301 g/mol. The number of aromatic nitrogens is 1. The molecule has 2 rings (SSSR count). The molecule has 2 aromatic rings. The van der Waals surface area contributed by atoms with Crippen molar-refractivity contribution in [2.45, 2.75) is 26.0 Å². The fraction of sp³-hybridized carbons (Fsp3) is 0.250. The summed E-state index contributed by atoms with van der Waals surface area (Å²) in [6.45, 7) is 2.19. The van der Waals surface area contributed by atoms with E-state index in [-0.39, 0.29) is 12.6 Å². The Morgan fingerprint density at radius 2 is 2.19 bits per heavy atom. The van der Waals surface area contributed by atoms with Crippen LogP contribution in [-0.2, 0) is 13.0 Å². The summed E-state index contributed by atoms with van der Waals surface area (Å²) in [7, 11) is 0. The molecular weight excluding hydrogens is 286 g/mol. The minimum Gasteiger partial charge on any atom is -0.488 e. The Morgan fingerprint density at radius 1 is 1.38 bits per heavy atom. The highest BCUT2D eigenvalue weighted by Crippen LogP contribution is 2.28. The summed E-state index contributed by atoms with van der Waals surface area (Å²) >= 11 is 6.21. The molecule has 0 aliphatic rings. The molecule has 0 saturated carbocycles. The first-order valence-corrected chi connectivity index (χ1v) is 6.99. The highest BCUT2D eigenvalue weighted by Gasteiger charge is 2.11. The molecule has 1 aromatic carbocycles. The quantitative estimate of drug-likeness (QED) is 0.921. The van der Waals surface area contributed by atoms with Gasteiger partial charge in [0.1, 0.15) is 24.1 Å². The van der Waals surface area contributed by atoms with Crippen LogP contribution in [-0.4, -0.2) is 11.0 Å². The number of nitrogens with two attached hydrogens (primary N) is 1. The first kappa shape index (κ1) is 15.3. The Morgan fingerprint density at radius 3 is 2.90 bits per heavy atom. The predicted octanol–water partition coefficient (Wildman–Crippen LogP) is 3.08. The Balaban J connectivity index is 2.20. The molecule has 0 bridgehead atoms. The van der Waals surface area contributed by atoms with Gasteiger partial charge in [0.15, 0.2) is 0 Å². The molecule has 0 aliphatic carbocycles. The lowest BCUT2D eigenvalue weighted by atomic mass is 10.1. The van der Waals surface area contributed by atoms with Crippen LogP contribution < -0.4 is 10.5 Å². The van der Waals surface area contributed by atoms with Crippen LogP contribution in [0.15, 0.2) is 36.5 Å². The molecule has 5 heteroatoms. The standard InChI is InChI=1S/C16H16ClN3O/c1-11(19)8-13-14(17)5-2-6-16(13)21-10-12-4-3-7-20-15(12)9-18/h2-7,11H,8,10,19H2,1H3. The van der Waals surface area contributed by atoms with Crippen molar-refractivity contribution in [1.82, 2.24) is 4.98 Å². The Kier molecular flexibility index (Phi) is 5.15. The topological polar surface area (TPSA) is 71.9 Å². The lowest BCUT2D eigenvalue weighted by molar-refractivity contribution is 0.301. The van der Waals surface area contributed by atoms with Crippen LogP contribution in [0.4, 0.5) is 0 Å². The lowest BCUT2D eigenvalue weighted by Crippen LogP contribution is -2.18. The molecule has 1 aromatic heterocycles. The van der Waals surface area contributed by atoms with Gasteiger partial charge >= 0.3 is 0 Å². The number of nitrogens with zero attached hydrogens (tertiary/aromatic N) is 2. The molecule has 1 unspecified atom stereocenters. The van der Waals surface area contributed by atoms with Gasteiger partial charge in [0.05, 0.1) is 0 Å². The zero-order valence-electron chi connectivity index (χ0n) is 11.7. The second-order valence-corrected chi connectivity index (χ2v) is 5.22. The van der Waals surface area contributed by atoms with Crippen molar-refractivity contribution in [3.8, 4) is 11.8 Å². The molecule has 0 fully saturated rings. The van der Waals surface area contributed by atoms with Crippen LogP contribution in [0.2, 0.25) is 5.02 Å². The van der Waals surface area contributed by atoms with E-state index in [1.807, 2.05) is 31.2 Å². The van der Waals surface area contributed by atoms with Gasteiger partial charge in [-0.05, 0) is 31.5 Å². The molecular formula is C16H16ClN3O. The molecule has 0 saturated heterocycles. The van der Waals surface area contributed by atoms with Gasteiger partial charge in [-0.1, -0.05) is 23.7 Å². The second-order valence-electron chi connectivity index (χ2n) is 4.81. The largest absolute Gasteiger partial charge is 0.488 e. The summed E-state index contributed by atoms with van der Waals surface area (Å²) in [4.78, 5) is 4.01. The number of hydrogen-bond donors (Lipinski definition) is 1. The molecule has 1 atom stereocenters. The van der Waals surface area contributed by atoms with Crippen LogP contribution >= 0.6 is 11.6 Å². The number of halogens is 1. The maximum Gasteiger partial charge on any atom is 0.147 e. The fourth-order valence-corrected chi connectivity index (χ4v) is 2.25. The SMILES string of the molecule is CC(N)Cc1c(Cl)cccc1OCc1cccnc1C#N. The molecule has 0 spiro atoms. The van der Waals surface area contributed by atoms with Crippen LogP contribution in [0.3, 0.4) is 0 Å². The number of ether oxygens (including phenoxy) is 1. The summed E-state index contributed by atoms with van der Waals surface area (Å²) in [6.07, 6.45) is 2.22. The van der Waals surface area contributed by atoms with E-state index in [0.717, 1.165) is 11.1 Å². The van der Waals surface area contributed by atoms with Gasteiger partial charge in [-0.15, -0.1) is 0 Å². The van der Waals surface area contributed by atoms with Crippen molar-refractivity contribution in [3.63, 3.8) is 0 Å². The number of hydrogen-bond acceptors (Lipinski definition) is 4. The maximum atomic E-state index is 9.03. The number of pyridine rings is 1. The van der Waals surface area contributed by atoms with E-state index in [1.54, 1.807) is 12.3 Å². The first-order chi connectivity index (χ1) is 10.1. The smallest absolute Gasteiger partial charge is 0.147 e. The summed E-state index contributed by atoms with van der Waals surface area (Å²) < 4.78 is 5.82. The van der Waals surface area contributed by atoms with E-state index in [9.17, 15) is 0 Å². The van der Waals surface area contributed by atoms with Gasteiger partial charge in [-0.3, -0.25) is 0 Å². The summed E-state index contributed by atoms with van der Waals surface area (Å²) in [5.74, 6) is 0.688. The maximum absolute atomic E-state index is 9.03. The summed E-state index contributed by atoms with van der Waals surface area (Å²) in [5.41, 5.74) is 7.84. The molecule has 2 N–H and O–H groups in total. The van der Waals surface area contributed by atoms with Crippen molar-refractivity contribution in [3.05, 3.63) is 58.4 Å². The Labute approximate surface area is 129 Å². The van der Waals surface area contributed by atoms with Gasteiger partial charge in [0, 0.05) is 28.4 Å². The predicted molar refractivity (Wildman–Crippen MR) is 82.1 cm³/mol. The van der Waals surface area contributed by atoms with Crippen molar-refractivity contribution in [2.75, 3.05) is 0 Å². The third kappa shape index (κ3) is 3.94. The van der Waals surface area contributed by atoms with Gasteiger partial charge < -0.3 is 10.5 Å². The van der Waals surface area contributed by atoms with Crippen molar-refractivity contribution in [2.24, 2.45) is 5.73 Å². The number of nitriles is 1.